The number of carbonyl (C=O) groups is 1. The molecule has 0 fully saturated rings. The molecule has 2 aromatic carbocycles. The van der Waals surface area contributed by atoms with E-state index in [9.17, 15) is 9.90 Å². The molecule has 0 saturated carbocycles. The fourth-order valence-corrected chi connectivity index (χ4v) is 3.73. The quantitative estimate of drug-likeness (QED) is 0.642. The van der Waals surface area contributed by atoms with Crippen molar-refractivity contribution in [2.24, 2.45) is 0 Å². The zero-order chi connectivity index (χ0) is 17.0. The smallest absolute Gasteiger partial charge is 0.308 e. The summed E-state index contributed by atoms with van der Waals surface area (Å²) in [5.74, 6) is 0.501. The highest BCUT2D eigenvalue weighted by molar-refractivity contribution is 8.00. The third kappa shape index (κ3) is 4.07. The largest absolute Gasteiger partial charge is 0.493 e. The zero-order valence-electron chi connectivity index (χ0n) is 12.8. The lowest BCUT2D eigenvalue weighted by Crippen LogP contribution is -2.41. The van der Waals surface area contributed by atoms with E-state index < -0.39 is 11.0 Å². The maximum absolute atomic E-state index is 11.3. The van der Waals surface area contributed by atoms with Gasteiger partial charge in [-0.1, -0.05) is 23.7 Å². The summed E-state index contributed by atoms with van der Waals surface area (Å²) in [4.78, 5) is 10.5. The number of anilines is 2. The third-order valence-corrected chi connectivity index (χ3v) is 4.98. The first-order chi connectivity index (χ1) is 11.6. The van der Waals surface area contributed by atoms with E-state index in [0.29, 0.717) is 17.4 Å². The van der Waals surface area contributed by atoms with E-state index in [2.05, 4.69) is 10.6 Å². The van der Waals surface area contributed by atoms with Gasteiger partial charge >= 0.3 is 5.97 Å². The standard InChI is InChI=1S/C17H17ClN2O3S/c18-12-5-7-13(8-6-12)23-9-10-24-17(11-16(21)22)19-14-3-1-2-4-15(14)20-17/h1-8,19-20H,9-11H2,(H,21,22). The van der Waals surface area contributed by atoms with Crippen LogP contribution < -0.4 is 15.4 Å². The summed E-state index contributed by atoms with van der Waals surface area (Å²) in [6, 6.07) is 14.8. The first-order valence-electron chi connectivity index (χ1n) is 7.46. The Morgan fingerprint density at radius 3 is 2.33 bits per heavy atom. The molecule has 0 aromatic heterocycles. The number of nitrogens with one attached hydrogen (secondary N) is 2. The maximum Gasteiger partial charge on any atom is 0.308 e. The molecule has 0 atom stereocenters. The van der Waals surface area contributed by atoms with Crippen LogP contribution in [0.2, 0.25) is 5.02 Å². The van der Waals surface area contributed by atoms with Gasteiger partial charge in [0.1, 0.15) is 5.75 Å². The van der Waals surface area contributed by atoms with Crippen molar-refractivity contribution in [2.75, 3.05) is 23.0 Å². The minimum absolute atomic E-state index is 0.0483. The highest BCUT2D eigenvalue weighted by Gasteiger charge is 2.38. The molecule has 3 rings (SSSR count). The van der Waals surface area contributed by atoms with Crippen molar-refractivity contribution in [1.82, 2.24) is 0 Å². The molecular weight excluding hydrogens is 348 g/mol. The molecule has 0 saturated heterocycles. The van der Waals surface area contributed by atoms with Gasteiger partial charge in [0.15, 0.2) is 4.99 Å². The molecule has 0 radical (unpaired) electrons. The number of fused-ring (bicyclic) bond motifs is 1. The van der Waals surface area contributed by atoms with Gasteiger partial charge in [-0.15, -0.1) is 11.8 Å². The van der Waals surface area contributed by atoms with Crippen LogP contribution in [-0.2, 0) is 4.79 Å². The van der Waals surface area contributed by atoms with Crippen molar-refractivity contribution < 1.29 is 14.6 Å². The monoisotopic (exact) mass is 364 g/mol. The van der Waals surface area contributed by atoms with Gasteiger partial charge in [0.05, 0.1) is 24.4 Å². The number of aliphatic carboxylic acids is 1. The molecule has 0 aliphatic carbocycles. The normalized spacial score (nSPS) is 14.4. The highest BCUT2D eigenvalue weighted by atomic mass is 35.5. The van der Waals surface area contributed by atoms with Crippen LogP contribution in [0.25, 0.3) is 0 Å². The molecule has 0 spiro atoms. The fraction of sp³-hybridized carbons (Fsp3) is 0.235. The second-order valence-corrected chi connectivity index (χ2v) is 7.17. The number of ether oxygens (including phenoxy) is 1. The van der Waals surface area contributed by atoms with E-state index in [0.717, 1.165) is 17.1 Å². The molecule has 5 nitrogen and oxygen atoms in total. The Morgan fingerprint density at radius 2 is 1.75 bits per heavy atom. The number of halogens is 1. The van der Waals surface area contributed by atoms with E-state index in [4.69, 9.17) is 16.3 Å². The molecule has 1 aliphatic rings. The highest BCUT2D eigenvalue weighted by Crippen LogP contribution is 2.41. The summed E-state index contributed by atoms with van der Waals surface area (Å²) in [5.41, 5.74) is 1.81. The van der Waals surface area contributed by atoms with Crippen molar-refractivity contribution in [1.29, 1.82) is 0 Å². The van der Waals surface area contributed by atoms with Gasteiger partial charge in [0, 0.05) is 10.8 Å². The molecule has 0 unspecified atom stereocenters. The Balaban J connectivity index is 1.58. The molecule has 0 amide bonds. The van der Waals surface area contributed by atoms with Crippen molar-refractivity contribution in [3.05, 3.63) is 53.6 Å². The van der Waals surface area contributed by atoms with Crippen LogP contribution in [-0.4, -0.2) is 28.4 Å². The maximum atomic E-state index is 11.3. The average molecular weight is 365 g/mol. The van der Waals surface area contributed by atoms with Gasteiger partial charge in [-0.3, -0.25) is 4.79 Å². The van der Waals surface area contributed by atoms with Crippen molar-refractivity contribution in [2.45, 2.75) is 11.4 Å². The number of carboxylic acid groups (broad SMARTS) is 1. The van der Waals surface area contributed by atoms with Gasteiger partial charge in [0.25, 0.3) is 0 Å². The minimum atomic E-state index is -0.867. The second-order valence-electron chi connectivity index (χ2n) is 5.34. The zero-order valence-corrected chi connectivity index (χ0v) is 14.4. The van der Waals surface area contributed by atoms with Crippen LogP contribution in [0.5, 0.6) is 5.75 Å². The SMILES string of the molecule is O=C(O)CC1(SCCOc2ccc(Cl)cc2)Nc2ccccc2N1. The number of rotatable bonds is 7. The lowest BCUT2D eigenvalue weighted by Gasteiger charge is -2.28. The van der Waals surface area contributed by atoms with Crippen LogP contribution >= 0.6 is 23.4 Å². The number of hydrogen-bond donors (Lipinski definition) is 3. The first-order valence-corrected chi connectivity index (χ1v) is 8.82. The summed E-state index contributed by atoms with van der Waals surface area (Å²) in [6.45, 7) is 0.466. The van der Waals surface area contributed by atoms with Gasteiger partial charge in [-0.05, 0) is 36.4 Å². The summed E-state index contributed by atoms with van der Waals surface area (Å²) >= 11 is 7.32. The van der Waals surface area contributed by atoms with E-state index in [1.807, 2.05) is 36.4 Å². The molecule has 7 heteroatoms. The van der Waals surface area contributed by atoms with Crippen molar-refractivity contribution in [3.8, 4) is 5.75 Å². The molecule has 3 N–H and O–H groups in total. The average Bonchev–Trinajstić information content (AvgIpc) is 2.90. The lowest BCUT2D eigenvalue weighted by atomic mass is 10.3. The number of carboxylic acids is 1. The molecular formula is C17H17ClN2O3S. The van der Waals surface area contributed by atoms with Crippen molar-refractivity contribution in [3.63, 3.8) is 0 Å². The van der Waals surface area contributed by atoms with E-state index >= 15 is 0 Å². The van der Waals surface area contributed by atoms with E-state index in [-0.39, 0.29) is 6.42 Å². The summed E-state index contributed by atoms with van der Waals surface area (Å²) in [6.07, 6.45) is -0.0483. The van der Waals surface area contributed by atoms with Crippen molar-refractivity contribution >= 4 is 40.7 Å². The van der Waals surface area contributed by atoms with Crippen LogP contribution in [0, 0.1) is 0 Å². The number of hydrogen-bond acceptors (Lipinski definition) is 5. The topological polar surface area (TPSA) is 70.6 Å². The molecule has 1 aliphatic heterocycles. The number of thioether (sulfide) groups is 1. The molecule has 2 aromatic rings. The van der Waals surface area contributed by atoms with Crippen LogP contribution in [0.3, 0.4) is 0 Å². The predicted octanol–water partition coefficient (Wildman–Crippen LogP) is 4.12. The Hall–Kier alpha value is -2.05. The fourth-order valence-electron chi connectivity index (χ4n) is 2.50. The third-order valence-electron chi connectivity index (χ3n) is 3.51. The van der Waals surface area contributed by atoms with Crippen LogP contribution in [0.15, 0.2) is 48.5 Å². The second kappa shape index (κ2) is 7.23. The molecule has 24 heavy (non-hydrogen) atoms. The van der Waals surface area contributed by atoms with E-state index in [1.54, 1.807) is 12.1 Å². The van der Waals surface area contributed by atoms with Gasteiger partial charge in [-0.25, -0.2) is 0 Å². The Bertz CT molecular complexity index is 699. The summed E-state index contributed by atoms with van der Waals surface area (Å²) < 4.78 is 5.67. The lowest BCUT2D eigenvalue weighted by molar-refractivity contribution is -0.137. The number of para-hydroxylation sites is 2. The van der Waals surface area contributed by atoms with Gasteiger partial charge < -0.3 is 20.5 Å². The van der Waals surface area contributed by atoms with Gasteiger partial charge in [0.2, 0.25) is 0 Å². The first kappa shape index (κ1) is 16.8. The van der Waals surface area contributed by atoms with Gasteiger partial charge in [-0.2, -0.15) is 0 Å². The number of benzene rings is 2. The summed E-state index contributed by atoms with van der Waals surface area (Å²) in [5, 5.41) is 16.5. The Morgan fingerprint density at radius 1 is 1.12 bits per heavy atom. The minimum Gasteiger partial charge on any atom is -0.493 e. The Labute approximate surface area is 149 Å². The van der Waals surface area contributed by atoms with E-state index in [1.165, 1.54) is 11.8 Å². The summed E-state index contributed by atoms with van der Waals surface area (Å²) in [7, 11) is 0. The molecule has 1 heterocycles. The molecule has 0 bridgehead atoms. The van der Waals surface area contributed by atoms with Crippen LogP contribution in [0.4, 0.5) is 11.4 Å². The molecule has 126 valence electrons. The predicted molar refractivity (Wildman–Crippen MR) is 98.1 cm³/mol. The Kier molecular flexibility index (Phi) is 5.06. The van der Waals surface area contributed by atoms with Crippen LogP contribution in [0.1, 0.15) is 6.42 Å².